The number of rotatable bonds is 7. The highest BCUT2D eigenvalue weighted by atomic mass is 32.1. The van der Waals surface area contributed by atoms with Gasteiger partial charge in [0.15, 0.2) is 0 Å². The van der Waals surface area contributed by atoms with Crippen LogP contribution in [-0.4, -0.2) is 36.5 Å². The smallest absolute Gasteiger partial charge is 0.319 e. The van der Waals surface area contributed by atoms with Crippen molar-refractivity contribution in [2.45, 2.75) is 0 Å². The third-order valence-corrected chi connectivity index (χ3v) is 4.21. The zero-order valence-corrected chi connectivity index (χ0v) is 15.0. The van der Waals surface area contributed by atoms with E-state index in [1.807, 2.05) is 47.8 Å². The summed E-state index contributed by atoms with van der Waals surface area (Å²) in [5.41, 5.74) is 1.69. The number of anilines is 1. The molecule has 2 aromatic heterocycles. The summed E-state index contributed by atoms with van der Waals surface area (Å²) in [4.78, 5) is 11.7. The van der Waals surface area contributed by atoms with Crippen LogP contribution in [0.15, 0.2) is 53.9 Å². The Hall–Kier alpha value is -3.13. The van der Waals surface area contributed by atoms with Crippen molar-refractivity contribution in [1.82, 2.24) is 15.5 Å². The number of nitrogens with zero attached hydrogens (tertiary/aromatic N) is 2. The van der Waals surface area contributed by atoms with Gasteiger partial charge < -0.3 is 14.8 Å². The summed E-state index contributed by atoms with van der Waals surface area (Å²) >= 11 is 1.46. The first kappa shape index (κ1) is 17.7. The van der Waals surface area contributed by atoms with Crippen LogP contribution < -0.4 is 20.1 Å². The summed E-state index contributed by atoms with van der Waals surface area (Å²) in [7, 11) is 1.63. The molecular weight excluding hydrogens is 352 g/mol. The van der Waals surface area contributed by atoms with E-state index in [1.165, 1.54) is 11.3 Å². The van der Waals surface area contributed by atoms with E-state index >= 15 is 0 Å². The van der Waals surface area contributed by atoms with Gasteiger partial charge in [-0.1, -0.05) is 0 Å². The van der Waals surface area contributed by atoms with Crippen LogP contribution in [0.1, 0.15) is 0 Å². The molecule has 0 aliphatic heterocycles. The van der Waals surface area contributed by atoms with E-state index in [0.29, 0.717) is 19.0 Å². The van der Waals surface area contributed by atoms with Crippen molar-refractivity contribution in [3.63, 3.8) is 0 Å². The van der Waals surface area contributed by atoms with Crippen molar-refractivity contribution in [3.8, 4) is 22.9 Å². The second-order valence-electron chi connectivity index (χ2n) is 5.19. The number of nitrogens with one attached hydrogen (secondary N) is 2. The number of methoxy groups -OCH3 is 1. The van der Waals surface area contributed by atoms with E-state index < -0.39 is 0 Å². The summed E-state index contributed by atoms with van der Waals surface area (Å²) < 4.78 is 10.6. The Bertz CT molecular complexity index is 821. The molecule has 2 amide bonds. The van der Waals surface area contributed by atoms with Crippen LogP contribution in [0, 0.1) is 0 Å². The summed E-state index contributed by atoms with van der Waals surface area (Å²) in [6, 6.07) is 14.6. The zero-order valence-electron chi connectivity index (χ0n) is 14.1. The van der Waals surface area contributed by atoms with Gasteiger partial charge in [-0.3, -0.25) is 5.32 Å². The van der Waals surface area contributed by atoms with E-state index in [2.05, 4.69) is 20.8 Å². The molecule has 3 rings (SSSR count). The zero-order chi connectivity index (χ0) is 18.2. The van der Waals surface area contributed by atoms with Gasteiger partial charge in [0.05, 0.1) is 24.3 Å². The first-order valence-corrected chi connectivity index (χ1v) is 8.82. The molecule has 0 unspecified atom stereocenters. The minimum Gasteiger partial charge on any atom is -0.497 e. The van der Waals surface area contributed by atoms with Gasteiger partial charge >= 0.3 is 6.03 Å². The Balaban J connectivity index is 1.43. The van der Waals surface area contributed by atoms with Crippen LogP contribution in [-0.2, 0) is 0 Å². The summed E-state index contributed by atoms with van der Waals surface area (Å²) in [5.74, 6) is 1.19. The van der Waals surface area contributed by atoms with Crippen LogP contribution in [0.4, 0.5) is 9.80 Å². The maximum absolute atomic E-state index is 11.7. The van der Waals surface area contributed by atoms with Crippen LogP contribution in [0.5, 0.6) is 11.6 Å². The molecule has 1 aromatic carbocycles. The maximum atomic E-state index is 11.7. The molecule has 0 aliphatic rings. The average molecular weight is 370 g/mol. The molecule has 0 saturated heterocycles. The molecule has 3 aromatic rings. The van der Waals surface area contributed by atoms with Gasteiger partial charge in [0.2, 0.25) is 5.88 Å². The number of hydrogen-bond acceptors (Lipinski definition) is 6. The second kappa shape index (κ2) is 8.82. The highest BCUT2D eigenvalue weighted by Gasteiger charge is 2.04. The number of amides is 2. The van der Waals surface area contributed by atoms with E-state index in [0.717, 1.165) is 22.0 Å². The number of aromatic nitrogens is 2. The van der Waals surface area contributed by atoms with Gasteiger partial charge in [-0.05, 0) is 47.8 Å². The van der Waals surface area contributed by atoms with Gasteiger partial charge in [0.25, 0.3) is 0 Å². The molecule has 7 nitrogen and oxygen atoms in total. The van der Waals surface area contributed by atoms with E-state index in [9.17, 15) is 4.79 Å². The topological polar surface area (TPSA) is 85.4 Å². The van der Waals surface area contributed by atoms with Crippen molar-refractivity contribution < 1.29 is 14.3 Å². The van der Waals surface area contributed by atoms with Gasteiger partial charge in [0.1, 0.15) is 12.4 Å². The predicted molar refractivity (Wildman–Crippen MR) is 101 cm³/mol. The summed E-state index contributed by atoms with van der Waals surface area (Å²) in [6.07, 6.45) is 0. The lowest BCUT2D eigenvalue weighted by atomic mass is 10.1. The molecule has 2 N–H and O–H groups in total. The Kier molecular flexibility index (Phi) is 6.00. The lowest BCUT2D eigenvalue weighted by Gasteiger charge is -2.08. The Morgan fingerprint density at radius 2 is 1.96 bits per heavy atom. The monoisotopic (exact) mass is 370 g/mol. The minimum absolute atomic E-state index is 0.267. The Labute approximate surface area is 155 Å². The van der Waals surface area contributed by atoms with Crippen LogP contribution in [0.2, 0.25) is 0 Å². The second-order valence-corrected chi connectivity index (χ2v) is 6.14. The van der Waals surface area contributed by atoms with Crippen LogP contribution >= 0.6 is 11.3 Å². The quantitative estimate of drug-likeness (QED) is 0.623. The Morgan fingerprint density at radius 3 is 2.62 bits per heavy atom. The molecule has 0 saturated carbocycles. The largest absolute Gasteiger partial charge is 0.497 e. The fourth-order valence-electron chi connectivity index (χ4n) is 2.14. The minimum atomic E-state index is -0.267. The Morgan fingerprint density at radius 1 is 1.12 bits per heavy atom. The van der Waals surface area contributed by atoms with Crippen molar-refractivity contribution in [1.29, 1.82) is 0 Å². The number of thiophene rings is 1. The highest BCUT2D eigenvalue weighted by molar-refractivity contribution is 7.14. The number of carbonyl (C=O) groups is 1. The van der Waals surface area contributed by atoms with Crippen LogP contribution in [0.25, 0.3) is 11.3 Å². The molecule has 0 atom stereocenters. The normalized spacial score (nSPS) is 10.2. The molecule has 0 fully saturated rings. The number of urea groups is 1. The average Bonchev–Trinajstić information content (AvgIpc) is 3.19. The van der Waals surface area contributed by atoms with Crippen molar-refractivity contribution in [3.05, 3.63) is 53.9 Å². The van der Waals surface area contributed by atoms with Gasteiger partial charge in [-0.15, -0.1) is 21.5 Å². The fourth-order valence-corrected chi connectivity index (χ4v) is 2.75. The summed E-state index contributed by atoms with van der Waals surface area (Å²) in [5, 5.41) is 16.3. The highest BCUT2D eigenvalue weighted by Crippen LogP contribution is 2.21. The number of benzene rings is 1. The summed E-state index contributed by atoms with van der Waals surface area (Å²) in [6.45, 7) is 0.660. The molecule has 2 heterocycles. The predicted octanol–water partition coefficient (Wildman–Crippen LogP) is 3.41. The first-order chi connectivity index (χ1) is 12.7. The van der Waals surface area contributed by atoms with Crippen molar-refractivity contribution in [2.75, 3.05) is 25.6 Å². The third kappa shape index (κ3) is 4.93. The van der Waals surface area contributed by atoms with Crippen molar-refractivity contribution in [2.24, 2.45) is 0 Å². The SMILES string of the molecule is COc1ccc(-c2ccc(OCCNC(=O)Nc3cccs3)nn2)cc1. The fraction of sp³-hybridized carbons (Fsp3) is 0.167. The standard InChI is InChI=1S/C18H18N4O3S/c1-24-14-6-4-13(5-7-14)15-8-9-16(22-21-15)25-11-10-19-18(23)20-17-3-2-12-26-17/h2-9,12H,10-11H2,1H3,(H2,19,20,23). The van der Waals surface area contributed by atoms with E-state index in [-0.39, 0.29) is 6.03 Å². The molecule has 0 bridgehead atoms. The van der Waals surface area contributed by atoms with Gasteiger partial charge in [0, 0.05) is 11.6 Å². The lowest BCUT2D eigenvalue weighted by molar-refractivity contribution is 0.246. The molecule has 26 heavy (non-hydrogen) atoms. The number of ether oxygens (including phenoxy) is 2. The number of hydrogen-bond donors (Lipinski definition) is 2. The molecular formula is C18H18N4O3S. The van der Waals surface area contributed by atoms with Crippen molar-refractivity contribution >= 4 is 22.4 Å². The number of carbonyl (C=O) groups excluding carboxylic acids is 1. The first-order valence-electron chi connectivity index (χ1n) is 7.94. The maximum Gasteiger partial charge on any atom is 0.319 e. The molecule has 0 spiro atoms. The molecule has 8 heteroatoms. The van der Waals surface area contributed by atoms with E-state index in [1.54, 1.807) is 13.2 Å². The van der Waals surface area contributed by atoms with E-state index in [4.69, 9.17) is 9.47 Å². The third-order valence-electron chi connectivity index (χ3n) is 3.42. The van der Waals surface area contributed by atoms with Crippen LogP contribution in [0.3, 0.4) is 0 Å². The molecule has 0 radical (unpaired) electrons. The lowest BCUT2D eigenvalue weighted by Crippen LogP contribution is -2.32. The molecule has 134 valence electrons. The van der Waals surface area contributed by atoms with Gasteiger partial charge in [-0.2, -0.15) is 0 Å². The van der Waals surface area contributed by atoms with Gasteiger partial charge in [-0.25, -0.2) is 4.79 Å². The molecule has 0 aliphatic carbocycles.